The number of carbonyl (C=O) groups is 1. The number of piperidine rings is 1. The Morgan fingerprint density at radius 3 is 2.52 bits per heavy atom. The van der Waals surface area contributed by atoms with E-state index >= 15 is 0 Å². The van der Waals surface area contributed by atoms with Crippen LogP contribution in [-0.4, -0.2) is 33.5 Å². The maximum Gasteiger partial charge on any atom is 0.240 e. The Bertz CT molecular complexity index is 598. The molecule has 1 aromatic rings. The van der Waals surface area contributed by atoms with Crippen LogP contribution in [0.15, 0.2) is 29.2 Å². The van der Waals surface area contributed by atoms with Gasteiger partial charge in [-0.2, -0.15) is 0 Å². The summed E-state index contributed by atoms with van der Waals surface area (Å²) in [5.41, 5.74) is 0.580. The highest BCUT2D eigenvalue weighted by Crippen LogP contribution is 2.17. The van der Waals surface area contributed by atoms with Crippen molar-refractivity contribution in [2.24, 2.45) is 5.92 Å². The minimum absolute atomic E-state index is 0.0497. The lowest BCUT2D eigenvalue weighted by molar-refractivity contribution is -0.114. The van der Waals surface area contributed by atoms with Gasteiger partial charge >= 0.3 is 0 Å². The maximum atomic E-state index is 12.4. The molecule has 0 spiro atoms. The molecule has 0 bridgehead atoms. The van der Waals surface area contributed by atoms with E-state index in [1.807, 2.05) is 6.92 Å². The molecule has 0 saturated carbocycles. The van der Waals surface area contributed by atoms with Crippen molar-refractivity contribution in [3.8, 4) is 0 Å². The van der Waals surface area contributed by atoms with Crippen LogP contribution in [-0.2, 0) is 14.8 Å². The van der Waals surface area contributed by atoms with Gasteiger partial charge < -0.3 is 10.6 Å². The Morgan fingerprint density at radius 2 is 1.95 bits per heavy atom. The molecule has 2 unspecified atom stereocenters. The van der Waals surface area contributed by atoms with E-state index in [-0.39, 0.29) is 22.8 Å². The number of sulfonamides is 1. The molecule has 7 heteroatoms. The van der Waals surface area contributed by atoms with Crippen molar-refractivity contribution in [3.05, 3.63) is 24.3 Å². The lowest BCUT2D eigenvalue weighted by atomic mass is 9.97. The van der Waals surface area contributed by atoms with E-state index in [0.29, 0.717) is 5.69 Å². The fourth-order valence-electron chi connectivity index (χ4n) is 2.38. The highest BCUT2D eigenvalue weighted by atomic mass is 32.2. The number of hydrogen-bond donors (Lipinski definition) is 3. The van der Waals surface area contributed by atoms with Crippen LogP contribution in [0.3, 0.4) is 0 Å². The molecule has 1 heterocycles. The van der Waals surface area contributed by atoms with Crippen molar-refractivity contribution in [1.29, 1.82) is 0 Å². The zero-order valence-electron chi connectivity index (χ0n) is 12.2. The van der Waals surface area contributed by atoms with Gasteiger partial charge in [0.15, 0.2) is 0 Å². The summed E-state index contributed by atoms with van der Waals surface area (Å²) in [6.45, 7) is 5.07. The summed E-state index contributed by atoms with van der Waals surface area (Å²) in [6, 6.07) is 6.12. The molecule has 1 aliphatic rings. The quantitative estimate of drug-likeness (QED) is 0.772. The summed E-state index contributed by atoms with van der Waals surface area (Å²) < 4.78 is 27.5. The predicted octanol–water partition coefficient (Wildman–Crippen LogP) is 0.921. The predicted molar refractivity (Wildman–Crippen MR) is 81.5 cm³/mol. The minimum atomic E-state index is -3.53. The zero-order chi connectivity index (χ0) is 15.5. The first-order chi connectivity index (χ1) is 9.88. The molecule has 6 nitrogen and oxygen atoms in total. The number of anilines is 1. The van der Waals surface area contributed by atoms with E-state index in [2.05, 4.69) is 15.4 Å². The van der Waals surface area contributed by atoms with Crippen molar-refractivity contribution in [1.82, 2.24) is 10.0 Å². The van der Waals surface area contributed by atoms with Gasteiger partial charge in [0.1, 0.15) is 0 Å². The van der Waals surface area contributed by atoms with E-state index in [9.17, 15) is 13.2 Å². The number of rotatable bonds is 4. The van der Waals surface area contributed by atoms with E-state index < -0.39 is 10.0 Å². The third-order valence-corrected chi connectivity index (χ3v) is 5.08. The summed E-state index contributed by atoms with van der Waals surface area (Å²) >= 11 is 0. The fraction of sp³-hybridized carbons (Fsp3) is 0.500. The highest BCUT2D eigenvalue weighted by Gasteiger charge is 2.26. The molecule has 1 aliphatic heterocycles. The van der Waals surface area contributed by atoms with Gasteiger partial charge in [-0.15, -0.1) is 0 Å². The molecule has 1 saturated heterocycles. The van der Waals surface area contributed by atoms with Crippen LogP contribution >= 0.6 is 0 Å². The lowest BCUT2D eigenvalue weighted by Crippen LogP contribution is -2.48. The summed E-state index contributed by atoms with van der Waals surface area (Å²) in [5.74, 6) is 0.0689. The van der Waals surface area contributed by atoms with E-state index in [1.54, 1.807) is 12.1 Å². The topological polar surface area (TPSA) is 87.3 Å². The normalized spacial score (nSPS) is 22.8. The van der Waals surface area contributed by atoms with Gasteiger partial charge in [0.05, 0.1) is 4.90 Å². The molecule has 1 fully saturated rings. The van der Waals surface area contributed by atoms with Gasteiger partial charge in [-0.3, -0.25) is 4.79 Å². The molecule has 0 radical (unpaired) electrons. The molecule has 2 atom stereocenters. The van der Waals surface area contributed by atoms with Gasteiger partial charge in [-0.25, -0.2) is 13.1 Å². The Balaban J connectivity index is 2.10. The van der Waals surface area contributed by atoms with Crippen molar-refractivity contribution >= 4 is 21.6 Å². The van der Waals surface area contributed by atoms with Crippen LogP contribution in [0.25, 0.3) is 0 Å². The Hall–Kier alpha value is -1.44. The van der Waals surface area contributed by atoms with Crippen LogP contribution < -0.4 is 15.4 Å². The van der Waals surface area contributed by atoms with Crippen LogP contribution in [0.4, 0.5) is 5.69 Å². The number of nitrogens with one attached hydrogen (secondary N) is 3. The molecule has 3 N–H and O–H groups in total. The molecule has 1 amide bonds. The monoisotopic (exact) mass is 311 g/mol. The summed E-state index contributed by atoms with van der Waals surface area (Å²) in [5, 5.41) is 5.85. The second-order valence-corrected chi connectivity index (χ2v) is 7.12. The van der Waals surface area contributed by atoms with Crippen molar-refractivity contribution in [3.63, 3.8) is 0 Å². The second kappa shape index (κ2) is 6.55. The van der Waals surface area contributed by atoms with Crippen LogP contribution in [0.1, 0.15) is 20.3 Å². The second-order valence-electron chi connectivity index (χ2n) is 5.40. The largest absolute Gasteiger partial charge is 0.326 e. The molecule has 1 aromatic carbocycles. The smallest absolute Gasteiger partial charge is 0.240 e. The van der Waals surface area contributed by atoms with E-state index in [1.165, 1.54) is 19.1 Å². The van der Waals surface area contributed by atoms with Crippen LogP contribution in [0.2, 0.25) is 0 Å². The highest BCUT2D eigenvalue weighted by molar-refractivity contribution is 7.89. The summed E-state index contributed by atoms with van der Waals surface area (Å²) in [4.78, 5) is 11.2. The third kappa shape index (κ3) is 4.26. The van der Waals surface area contributed by atoms with E-state index in [0.717, 1.165) is 19.5 Å². The van der Waals surface area contributed by atoms with Gasteiger partial charge in [-0.05, 0) is 49.7 Å². The first-order valence-electron chi connectivity index (χ1n) is 6.99. The Morgan fingerprint density at radius 1 is 1.29 bits per heavy atom. The van der Waals surface area contributed by atoms with Crippen molar-refractivity contribution in [2.75, 3.05) is 18.4 Å². The standard InChI is InChI=1S/C14H21N3O3S/c1-10-9-15-8-7-14(10)17-21(19,20)13-5-3-12(4-6-13)16-11(2)18/h3-6,10,14-15,17H,7-9H2,1-2H3,(H,16,18). The van der Waals surface area contributed by atoms with Gasteiger partial charge in [0.25, 0.3) is 0 Å². The van der Waals surface area contributed by atoms with Gasteiger partial charge in [-0.1, -0.05) is 6.92 Å². The number of carbonyl (C=O) groups excluding carboxylic acids is 1. The van der Waals surface area contributed by atoms with Gasteiger partial charge in [0.2, 0.25) is 15.9 Å². The van der Waals surface area contributed by atoms with Crippen LogP contribution in [0.5, 0.6) is 0 Å². The Kier molecular flexibility index (Phi) is 4.97. The van der Waals surface area contributed by atoms with Crippen LogP contribution in [0, 0.1) is 5.92 Å². The number of benzene rings is 1. The van der Waals surface area contributed by atoms with Gasteiger partial charge in [0, 0.05) is 18.7 Å². The van der Waals surface area contributed by atoms with Crippen molar-refractivity contribution < 1.29 is 13.2 Å². The SMILES string of the molecule is CC(=O)Nc1ccc(S(=O)(=O)NC2CCNCC2C)cc1. The molecule has 21 heavy (non-hydrogen) atoms. The average Bonchev–Trinajstić information content (AvgIpc) is 2.41. The Labute approximate surface area is 125 Å². The molecular formula is C14H21N3O3S. The third-order valence-electron chi connectivity index (χ3n) is 3.58. The molecule has 0 aliphatic carbocycles. The molecule has 116 valence electrons. The number of amides is 1. The maximum absolute atomic E-state index is 12.4. The fourth-order valence-corrected chi connectivity index (χ4v) is 3.76. The van der Waals surface area contributed by atoms with E-state index in [4.69, 9.17) is 0 Å². The summed E-state index contributed by atoms with van der Waals surface area (Å²) in [6.07, 6.45) is 0.782. The molecule has 2 rings (SSSR count). The minimum Gasteiger partial charge on any atom is -0.326 e. The van der Waals surface area contributed by atoms with Crippen molar-refractivity contribution in [2.45, 2.75) is 31.2 Å². The first kappa shape index (κ1) is 15.9. The lowest BCUT2D eigenvalue weighted by Gasteiger charge is -2.29. The summed E-state index contributed by atoms with van der Waals surface area (Å²) in [7, 11) is -3.53. The average molecular weight is 311 g/mol. The zero-order valence-corrected chi connectivity index (χ0v) is 13.0. The first-order valence-corrected chi connectivity index (χ1v) is 8.47. The molecule has 0 aromatic heterocycles. The molecular weight excluding hydrogens is 290 g/mol. The number of hydrogen-bond acceptors (Lipinski definition) is 4.